The minimum atomic E-state index is -3.75. The standard InChI is InChI=1S/C16H18Cl2N4O4S/c1-11-8-15(20-26-11)19-16(23)10-21-4-6-22(7-5-21)27(24,25)14-9-12(17)2-3-13(14)18/h2-3,8-9H,4-7,10H2,1H3,(H,19,20,23). The summed E-state index contributed by atoms with van der Waals surface area (Å²) < 4.78 is 31.8. The Morgan fingerprint density at radius 1 is 1.22 bits per heavy atom. The molecule has 3 rings (SSSR count). The molecule has 1 aliphatic heterocycles. The van der Waals surface area contributed by atoms with Crippen LogP contribution in [0.1, 0.15) is 5.76 Å². The minimum Gasteiger partial charge on any atom is -0.360 e. The molecule has 1 amide bonds. The number of benzene rings is 1. The number of amides is 1. The summed E-state index contributed by atoms with van der Waals surface area (Å²) in [7, 11) is -3.75. The van der Waals surface area contributed by atoms with Crippen LogP contribution in [0.2, 0.25) is 10.0 Å². The molecular formula is C16H18Cl2N4O4S. The second kappa shape index (κ2) is 8.15. The fourth-order valence-corrected chi connectivity index (χ4v) is 4.91. The zero-order valence-corrected chi connectivity index (χ0v) is 16.8. The number of hydrogen-bond acceptors (Lipinski definition) is 6. The third kappa shape index (κ3) is 4.80. The SMILES string of the molecule is Cc1cc(NC(=O)CN2CCN(S(=O)(=O)c3cc(Cl)ccc3Cl)CC2)no1. The van der Waals surface area contributed by atoms with E-state index in [4.69, 9.17) is 27.7 Å². The molecule has 11 heteroatoms. The Morgan fingerprint density at radius 2 is 1.93 bits per heavy atom. The van der Waals surface area contributed by atoms with E-state index in [0.29, 0.717) is 29.7 Å². The highest BCUT2D eigenvalue weighted by molar-refractivity contribution is 7.89. The van der Waals surface area contributed by atoms with E-state index in [-0.39, 0.29) is 35.5 Å². The highest BCUT2D eigenvalue weighted by Crippen LogP contribution is 2.28. The predicted molar refractivity (Wildman–Crippen MR) is 102 cm³/mol. The first-order chi connectivity index (χ1) is 12.8. The molecule has 0 spiro atoms. The first-order valence-electron chi connectivity index (χ1n) is 8.16. The molecule has 1 fully saturated rings. The second-order valence-corrected chi connectivity index (χ2v) is 8.88. The molecule has 0 bridgehead atoms. The van der Waals surface area contributed by atoms with Crippen molar-refractivity contribution in [2.45, 2.75) is 11.8 Å². The lowest BCUT2D eigenvalue weighted by Crippen LogP contribution is -2.50. The van der Waals surface area contributed by atoms with E-state index >= 15 is 0 Å². The van der Waals surface area contributed by atoms with Crippen molar-refractivity contribution < 1.29 is 17.7 Å². The number of aromatic nitrogens is 1. The van der Waals surface area contributed by atoms with Gasteiger partial charge in [0.05, 0.1) is 11.6 Å². The van der Waals surface area contributed by atoms with Crippen molar-refractivity contribution in [1.29, 1.82) is 0 Å². The summed E-state index contributed by atoms with van der Waals surface area (Å²) in [5.41, 5.74) is 0. The molecule has 2 heterocycles. The van der Waals surface area contributed by atoms with Crippen molar-refractivity contribution in [3.63, 3.8) is 0 Å². The molecule has 1 aromatic heterocycles. The van der Waals surface area contributed by atoms with Crippen LogP contribution in [-0.4, -0.2) is 61.4 Å². The molecule has 0 atom stereocenters. The number of halogens is 2. The largest absolute Gasteiger partial charge is 0.360 e. The average Bonchev–Trinajstić information content (AvgIpc) is 3.02. The van der Waals surface area contributed by atoms with Gasteiger partial charge in [0.15, 0.2) is 5.82 Å². The van der Waals surface area contributed by atoms with E-state index in [0.717, 1.165) is 0 Å². The van der Waals surface area contributed by atoms with Gasteiger partial charge in [0.2, 0.25) is 15.9 Å². The Kier molecular flexibility index (Phi) is 6.07. The molecule has 1 saturated heterocycles. The number of aryl methyl sites for hydroxylation is 1. The lowest BCUT2D eigenvalue weighted by Gasteiger charge is -2.33. The molecule has 2 aromatic rings. The van der Waals surface area contributed by atoms with Crippen LogP contribution in [0, 0.1) is 6.92 Å². The third-order valence-electron chi connectivity index (χ3n) is 4.11. The van der Waals surface area contributed by atoms with Gasteiger partial charge in [0, 0.05) is 37.3 Å². The summed E-state index contributed by atoms with van der Waals surface area (Å²) >= 11 is 11.9. The molecule has 8 nitrogen and oxygen atoms in total. The summed E-state index contributed by atoms with van der Waals surface area (Å²) in [5.74, 6) is 0.718. The molecule has 0 radical (unpaired) electrons. The molecule has 1 N–H and O–H groups in total. The number of anilines is 1. The van der Waals surface area contributed by atoms with Gasteiger partial charge in [-0.3, -0.25) is 9.69 Å². The zero-order valence-electron chi connectivity index (χ0n) is 14.5. The van der Waals surface area contributed by atoms with Crippen molar-refractivity contribution in [3.05, 3.63) is 40.1 Å². The molecule has 27 heavy (non-hydrogen) atoms. The fourth-order valence-electron chi connectivity index (χ4n) is 2.75. The van der Waals surface area contributed by atoms with E-state index < -0.39 is 10.0 Å². The minimum absolute atomic E-state index is 0.00994. The molecule has 1 aliphatic rings. The number of hydrogen-bond donors (Lipinski definition) is 1. The van der Waals surface area contributed by atoms with Crippen LogP contribution in [-0.2, 0) is 14.8 Å². The van der Waals surface area contributed by atoms with Gasteiger partial charge in [-0.2, -0.15) is 4.31 Å². The Hall–Kier alpha value is -1.65. The quantitative estimate of drug-likeness (QED) is 0.777. The van der Waals surface area contributed by atoms with Gasteiger partial charge < -0.3 is 9.84 Å². The molecule has 0 aliphatic carbocycles. The molecule has 0 unspecified atom stereocenters. The lowest BCUT2D eigenvalue weighted by atomic mass is 10.3. The van der Waals surface area contributed by atoms with E-state index in [1.807, 2.05) is 4.90 Å². The van der Waals surface area contributed by atoms with Crippen LogP contribution in [0.5, 0.6) is 0 Å². The number of nitrogens with one attached hydrogen (secondary N) is 1. The van der Waals surface area contributed by atoms with E-state index in [1.54, 1.807) is 13.0 Å². The number of carbonyl (C=O) groups is 1. The van der Waals surface area contributed by atoms with Crippen molar-refractivity contribution in [2.75, 3.05) is 38.0 Å². The molecular weight excluding hydrogens is 415 g/mol. The number of sulfonamides is 1. The van der Waals surface area contributed by atoms with Crippen LogP contribution >= 0.6 is 23.2 Å². The highest BCUT2D eigenvalue weighted by Gasteiger charge is 2.30. The topological polar surface area (TPSA) is 95.8 Å². The summed E-state index contributed by atoms with van der Waals surface area (Å²) in [6.45, 7) is 3.21. The maximum absolute atomic E-state index is 12.8. The van der Waals surface area contributed by atoms with Crippen molar-refractivity contribution in [2.24, 2.45) is 0 Å². The van der Waals surface area contributed by atoms with Gasteiger partial charge in [-0.1, -0.05) is 28.4 Å². The molecule has 0 saturated carbocycles. The van der Waals surface area contributed by atoms with Crippen molar-refractivity contribution >= 4 is 45.0 Å². The third-order valence-corrected chi connectivity index (χ3v) is 6.72. The summed E-state index contributed by atoms with van der Waals surface area (Å²) in [6.07, 6.45) is 0. The summed E-state index contributed by atoms with van der Waals surface area (Å²) in [4.78, 5) is 13.9. The van der Waals surface area contributed by atoms with Crippen molar-refractivity contribution in [1.82, 2.24) is 14.4 Å². The normalized spacial score (nSPS) is 16.4. The number of nitrogens with zero attached hydrogens (tertiary/aromatic N) is 3. The second-order valence-electron chi connectivity index (χ2n) is 6.13. The van der Waals surface area contributed by atoms with Gasteiger partial charge in [-0.25, -0.2) is 8.42 Å². The smallest absolute Gasteiger partial charge is 0.244 e. The summed E-state index contributed by atoms with van der Waals surface area (Å²) in [5, 5.41) is 6.78. The Bertz CT molecular complexity index is 940. The Labute approximate surface area is 167 Å². The highest BCUT2D eigenvalue weighted by atomic mass is 35.5. The summed E-state index contributed by atoms with van der Waals surface area (Å²) in [6, 6.07) is 5.97. The van der Waals surface area contributed by atoms with E-state index in [9.17, 15) is 13.2 Å². The van der Waals surface area contributed by atoms with Crippen molar-refractivity contribution in [3.8, 4) is 0 Å². The van der Waals surface area contributed by atoms with Gasteiger partial charge in [0.1, 0.15) is 10.7 Å². The first-order valence-corrected chi connectivity index (χ1v) is 10.4. The monoisotopic (exact) mass is 432 g/mol. The number of piperazine rings is 1. The van der Waals surface area contributed by atoms with Crippen LogP contribution in [0.25, 0.3) is 0 Å². The average molecular weight is 433 g/mol. The predicted octanol–water partition coefficient (Wildman–Crippen LogP) is 2.23. The van der Waals surface area contributed by atoms with Gasteiger partial charge >= 0.3 is 0 Å². The van der Waals surface area contributed by atoms with E-state index in [1.165, 1.54) is 22.5 Å². The number of carbonyl (C=O) groups excluding carboxylic acids is 1. The van der Waals surface area contributed by atoms with E-state index in [2.05, 4.69) is 10.5 Å². The van der Waals surface area contributed by atoms with Crippen LogP contribution < -0.4 is 5.32 Å². The zero-order chi connectivity index (χ0) is 19.6. The maximum Gasteiger partial charge on any atom is 0.244 e. The lowest BCUT2D eigenvalue weighted by molar-refractivity contribution is -0.117. The fraction of sp³-hybridized carbons (Fsp3) is 0.375. The number of rotatable bonds is 5. The van der Waals surface area contributed by atoms with Gasteiger partial charge in [-0.15, -0.1) is 0 Å². The molecule has 1 aromatic carbocycles. The van der Waals surface area contributed by atoms with Gasteiger partial charge in [0.25, 0.3) is 0 Å². The Morgan fingerprint density at radius 3 is 2.56 bits per heavy atom. The van der Waals surface area contributed by atoms with Gasteiger partial charge in [-0.05, 0) is 25.1 Å². The van der Waals surface area contributed by atoms with Crippen LogP contribution in [0.4, 0.5) is 5.82 Å². The molecule has 146 valence electrons. The van der Waals surface area contributed by atoms with Crippen LogP contribution in [0.15, 0.2) is 33.7 Å². The Balaban J connectivity index is 1.58. The maximum atomic E-state index is 12.8. The first kappa shape index (κ1) is 20.1. The van der Waals surface area contributed by atoms with Crippen LogP contribution in [0.3, 0.4) is 0 Å².